The first-order valence-electron chi connectivity index (χ1n) is 7.46. The van der Waals surface area contributed by atoms with E-state index in [0.29, 0.717) is 19.4 Å². The molecule has 114 valence electrons. The Hall–Kier alpha value is -1.90. The molecule has 0 fully saturated rings. The van der Waals surface area contributed by atoms with Crippen LogP contribution in [0.3, 0.4) is 0 Å². The molecule has 0 amide bonds. The highest BCUT2D eigenvalue weighted by molar-refractivity contribution is 6.02. The average molecular weight is 288 g/mol. The molecule has 3 heteroatoms. The first-order chi connectivity index (χ1) is 10.1. The molecule has 3 nitrogen and oxygen atoms in total. The standard InChI is InChI=1S/C18H24O3/c1-4-13-18(15(3)19,17(20)21-5-2)14-9-12-16-10-7-6-8-11-16/h6-12H,4-5,13-14H2,1-3H3/b12-9+/t18-/m0/s1. The molecule has 0 unspecified atom stereocenters. The predicted molar refractivity (Wildman–Crippen MR) is 84.7 cm³/mol. The maximum atomic E-state index is 12.3. The normalized spacial score (nSPS) is 13.9. The molecule has 1 rings (SSSR count). The quantitative estimate of drug-likeness (QED) is 0.536. The highest BCUT2D eigenvalue weighted by Gasteiger charge is 2.42. The number of ketones is 1. The van der Waals surface area contributed by atoms with Crippen molar-refractivity contribution in [2.45, 2.75) is 40.0 Å². The molecular weight excluding hydrogens is 264 g/mol. The fourth-order valence-corrected chi connectivity index (χ4v) is 2.41. The van der Waals surface area contributed by atoms with E-state index in [9.17, 15) is 9.59 Å². The Kier molecular flexibility index (Phi) is 6.86. The molecule has 1 atom stereocenters. The average Bonchev–Trinajstić information content (AvgIpc) is 2.47. The molecule has 21 heavy (non-hydrogen) atoms. The van der Waals surface area contributed by atoms with Crippen LogP contribution in [0.5, 0.6) is 0 Å². The number of Topliss-reactive ketones (excluding diaryl/α,β-unsaturated/α-hetero) is 1. The summed E-state index contributed by atoms with van der Waals surface area (Å²) in [6.07, 6.45) is 5.48. The second-order valence-corrected chi connectivity index (χ2v) is 5.13. The molecule has 0 radical (unpaired) electrons. The van der Waals surface area contributed by atoms with Crippen molar-refractivity contribution in [2.24, 2.45) is 5.41 Å². The van der Waals surface area contributed by atoms with Gasteiger partial charge in [-0.3, -0.25) is 9.59 Å². The van der Waals surface area contributed by atoms with Gasteiger partial charge in [0.2, 0.25) is 0 Å². The first kappa shape index (κ1) is 17.2. The maximum absolute atomic E-state index is 12.3. The zero-order valence-corrected chi connectivity index (χ0v) is 13.1. The Bertz CT molecular complexity index is 490. The number of hydrogen-bond acceptors (Lipinski definition) is 3. The van der Waals surface area contributed by atoms with E-state index >= 15 is 0 Å². The summed E-state index contributed by atoms with van der Waals surface area (Å²) < 4.78 is 5.13. The van der Waals surface area contributed by atoms with Crippen LogP contribution in [0.1, 0.15) is 45.6 Å². The minimum atomic E-state index is -1.05. The van der Waals surface area contributed by atoms with Gasteiger partial charge in [-0.05, 0) is 32.3 Å². The third-order valence-corrected chi connectivity index (χ3v) is 3.59. The minimum absolute atomic E-state index is 0.125. The molecule has 1 aromatic carbocycles. The molecular formula is C18H24O3. The number of rotatable bonds is 8. The first-order valence-corrected chi connectivity index (χ1v) is 7.46. The summed E-state index contributed by atoms with van der Waals surface area (Å²) in [6.45, 7) is 5.50. The summed E-state index contributed by atoms with van der Waals surface area (Å²) in [5.74, 6) is -0.530. The van der Waals surface area contributed by atoms with Crippen LogP contribution in [0, 0.1) is 5.41 Å². The fraction of sp³-hybridized carbons (Fsp3) is 0.444. The minimum Gasteiger partial charge on any atom is -0.465 e. The third kappa shape index (κ3) is 4.55. The summed E-state index contributed by atoms with van der Waals surface area (Å²) in [5.41, 5.74) is 0.00562. The lowest BCUT2D eigenvalue weighted by molar-refractivity contribution is -0.160. The molecule has 0 aliphatic rings. The van der Waals surface area contributed by atoms with Crippen molar-refractivity contribution in [3.8, 4) is 0 Å². The van der Waals surface area contributed by atoms with Crippen LogP contribution in [0.2, 0.25) is 0 Å². The van der Waals surface area contributed by atoms with Gasteiger partial charge in [0.15, 0.2) is 0 Å². The van der Waals surface area contributed by atoms with E-state index in [2.05, 4.69) is 0 Å². The largest absolute Gasteiger partial charge is 0.465 e. The highest BCUT2D eigenvalue weighted by atomic mass is 16.5. The molecule has 0 heterocycles. The molecule has 0 saturated carbocycles. The molecule has 0 aliphatic carbocycles. The van der Waals surface area contributed by atoms with Gasteiger partial charge in [-0.25, -0.2) is 0 Å². The number of ether oxygens (including phenoxy) is 1. The number of carbonyl (C=O) groups excluding carboxylic acids is 2. The fourth-order valence-electron chi connectivity index (χ4n) is 2.41. The Labute approximate surface area is 127 Å². The van der Waals surface area contributed by atoms with E-state index in [0.717, 1.165) is 12.0 Å². The molecule has 0 bridgehead atoms. The Morgan fingerprint density at radius 2 is 1.86 bits per heavy atom. The van der Waals surface area contributed by atoms with E-state index in [1.807, 2.05) is 49.4 Å². The Morgan fingerprint density at radius 1 is 1.19 bits per heavy atom. The van der Waals surface area contributed by atoms with Crippen LogP contribution < -0.4 is 0 Å². The van der Waals surface area contributed by atoms with Crippen molar-refractivity contribution < 1.29 is 14.3 Å². The Morgan fingerprint density at radius 3 is 2.38 bits per heavy atom. The summed E-state index contributed by atoms with van der Waals surface area (Å²) >= 11 is 0. The molecule has 1 aromatic rings. The monoisotopic (exact) mass is 288 g/mol. The van der Waals surface area contributed by atoms with Crippen LogP contribution in [0.15, 0.2) is 36.4 Å². The zero-order valence-electron chi connectivity index (χ0n) is 13.1. The third-order valence-electron chi connectivity index (χ3n) is 3.59. The lowest BCUT2D eigenvalue weighted by atomic mass is 9.76. The van der Waals surface area contributed by atoms with Gasteiger partial charge in [0, 0.05) is 0 Å². The van der Waals surface area contributed by atoms with Gasteiger partial charge in [0.05, 0.1) is 6.61 Å². The number of benzene rings is 1. The lowest BCUT2D eigenvalue weighted by Crippen LogP contribution is -2.39. The van der Waals surface area contributed by atoms with Crippen LogP contribution in [0.4, 0.5) is 0 Å². The van der Waals surface area contributed by atoms with Crippen LogP contribution >= 0.6 is 0 Å². The second-order valence-electron chi connectivity index (χ2n) is 5.13. The van der Waals surface area contributed by atoms with Crippen molar-refractivity contribution in [1.82, 2.24) is 0 Å². The summed E-state index contributed by atoms with van der Waals surface area (Å²) in [5, 5.41) is 0. The summed E-state index contributed by atoms with van der Waals surface area (Å²) in [7, 11) is 0. The van der Waals surface area contributed by atoms with Gasteiger partial charge in [-0.15, -0.1) is 0 Å². The number of carbonyl (C=O) groups is 2. The summed E-state index contributed by atoms with van der Waals surface area (Å²) in [6, 6.07) is 9.82. The zero-order chi connectivity index (χ0) is 15.7. The van der Waals surface area contributed by atoms with Crippen molar-refractivity contribution in [1.29, 1.82) is 0 Å². The number of allylic oxidation sites excluding steroid dienone is 1. The van der Waals surface area contributed by atoms with Crippen molar-refractivity contribution in [3.05, 3.63) is 42.0 Å². The second kappa shape index (κ2) is 8.40. The van der Waals surface area contributed by atoms with E-state index in [4.69, 9.17) is 4.74 Å². The van der Waals surface area contributed by atoms with Gasteiger partial charge >= 0.3 is 5.97 Å². The van der Waals surface area contributed by atoms with E-state index in [-0.39, 0.29) is 5.78 Å². The molecule has 0 saturated heterocycles. The maximum Gasteiger partial charge on any atom is 0.319 e. The molecule has 0 N–H and O–H groups in total. The van der Waals surface area contributed by atoms with Gasteiger partial charge in [-0.2, -0.15) is 0 Å². The van der Waals surface area contributed by atoms with Gasteiger partial charge < -0.3 is 4.74 Å². The van der Waals surface area contributed by atoms with E-state index in [1.54, 1.807) is 6.92 Å². The lowest BCUT2D eigenvalue weighted by Gasteiger charge is -2.27. The van der Waals surface area contributed by atoms with E-state index in [1.165, 1.54) is 6.92 Å². The van der Waals surface area contributed by atoms with Crippen molar-refractivity contribution >= 4 is 17.8 Å². The van der Waals surface area contributed by atoms with Gasteiger partial charge in [0.25, 0.3) is 0 Å². The highest BCUT2D eigenvalue weighted by Crippen LogP contribution is 2.32. The van der Waals surface area contributed by atoms with E-state index < -0.39 is 11.4 Å². The van der Waals surface area contributed by atoms with Crippen LogP contribution in [0.25, 0.3) is 6.08 Å². The predicted octanol–water partition coefficient (Wildman–Crippen LogP) is 4.03. The van der Waals surface area contributed by atoms with Crippen molar-refractivity contribution in [3.63, 3.8) is 0 Å². The van der Waals surface area contributed by atoms with Crippen molar-refractivity contribution in [2.75, 3.05) is 6.61 Å². The Balaban J connectivity index is 2.93. The SMILES string of the molecule is CCC[C@](C/C=C/c1ccccc1)(C(C)=O)C(=O)OCC. The number of esters is 1. The molecule has 0 aliphatic heterocycles. The summed E-state index contributed by atoms with van der Waals surface area (Å²) in [4.78, 5) is 24.3. The van der Waals surface area contributed by atoms with Gasteiger partial charge in [0.1, 0.15) is 11.2 Å². The molecule has 0 spiro atoms. The number of hydrogen-bond donors (Lipinski definition) is 0. The smallest absolute Gasteiger partial charge is 0.319 e. The molecule has 0 aromatic heterocycles. The van der Waals surface area contributed by atoms with Crippen LogP contribution in [-0.2, 0) is 14.3 Å². The van der Waals surface area contributed by atoms with Crippen LogP contribution in [-0.4, -0.2) is 18.4 Å². The topological polar surface area (TPSA) is 43.4 Å². The van der Waals surface area contributed by atoms with Gasteiger partial charge in [-0.1, -0.05) is 55.8 Å².